The molecule has 1 aliphatic rings. The van der Waals surface area contributed by atoms with Gasteiger partial charge in [0.1, 0.15) is 5.54 Å². The predicted molar refractivity (Wildman–Crippen MR) is 76.3 cm³/mol. The van der Waals surface area contributed by atoms with Crippen LogP contribution in [0.1, 0.15) is 17.5 Å². The van der Waals surface area contributed by atoms with E-state index < -0.39 is 5.54 Å². The molecule has 1 unspecified atom stereocenters. The molecule has 0 bridgehead atoms. The number of likely N-dealkylation sites (N-methyl/N-ethyl adjacent to an activating group) is 1. The minimum Gasteiger partial charge on any atom is -0.308 e. The second-order valence-corrected chi connectivity index (χ2v) is 5.87. The lowest BCUT2D eigenvalue weighted by Gasteiger charge is -2.25. The standard InChI is InChI=1S/C14H18BrN3/c1-18(2)9-8-17-14(10-16)7-6-11-12(14)4-3-5-13(11)15/h3-5,17H,6-9H2,1-2H3. The smallest absolute Gasteiger partial charge is 0.132 e. The van der Waals surface area contributed by atoms with Crippen LogP contribution in [-0.2, 0) is 12.0 Å². The van der Waals surface area contributed by atoms with Gasteiger partial charge in [-0.15, -0.1) is 0 Å². The van der Waals surface area contributed by atoms with Gasteiger partial charge >= 0.3 is 0 Å². The van der Waals surface area contributed by atoms with Gasteiger partial charge in [0.2, 0.25) is 0 Å². The van der Waals surface area contributed by atoms with E-state index in [9.17, 15) is 5.26 Å². The SMILES string of the molecule is CN(C)CCNC1(C#N)CCc2c(Br)cccc21. The third kappa shape index (κ3) is 2.44. The third-order valence-electron chi connectivity index (χ3n) is 3.51. The summed E-state index contributed by atoms with van der Waals surface area (Å²) < 4.78 is 1.12. The molecule has 0 heterocycles. The quantitative estimate of drug-likeness (QED) is 0.927. The Hall–Kier alpha value is -0.890. The van der Waals surface area contributed by atoms with Crippen molar-refractivity contribution in [2.45, 2.75) is 18.4 Å². The lowest BCUT2D eigenvalue weighted by atomic mass is 9.93. The van der Waals surface area contributed by atoms with Crippen molar-refractivity contribution < 1.29 is 0 Å². The van der Waals surface area contributed by atoms with Crippen LogP contribution in [0.3, 0.4) is 0 Å². The summed E-state index contributed by atoms with van der Waals surface area (Å²) in [6.07, 6.45) is 1.81. The highest BCUT2D eigenvalue weighted by atomic mass is 79.9. The van der Waals surface area contributed by atoms with E-state index in [0.29, 0.717) is 0 Å². The Morgan fingerprint density at radius 3 is 2.94 bits per heavy atom. The number of hydrogen-bond acceptors (Lipinski definition) is 3. The molecule has 1 aromatic rings. The minimum absolute atomic E-state index is 0.505. The van der Waals surface area contributed by atoms with Crippen molar-refractivity contribution in [1.29, 1.82) is 5.26 Å². The second-order valence-electron chi connectivity index (χ2n) is 5.01. The van der Waals surface area contributed by atoms with E-state index in [1.165, 1.54) is 5.56 Å². The van der Waals surface area contributed by atoms with Crippen LogP contribution in [-0.4, -0.2) is 32.1 Å². The average molecular weight is 308 g/mol. The number of fused-ring (bicyclic) bond motifs is 1. The maximum absolute atomic E-state index is 9.58. The number of nitrogens with one attached hydrogen (secondary N) is 1. The maximum atomic E-state index is 9.58. The fourth-order valence-corrected chi connectivity index (χ4v) is 3.06. The van der Waals surface area contributed by atoms with Gasteiger partial charge in [0.15, 0.2) is 0 Å². The van der Waals surface area contributed by atoms with E-state index in [-0.39, 0.29) is 0 Å². The van der Waals surface area contributed by atoms with E-state index in [2.05, 4.69) is 38.3 Å². The first-order valence-electron chi connectivity index (χ1n) is 6.18. The number of hydrogen-bond donors (Lipinski definition) is 1. The van der Waals surface area contributed by atoms with Gasteiger partial charge in [-0.3, -0.25) is 5.32 Å². The van der Waals surface area contributed by atoms with Crippen LogP contribution in [0.25, 0.3) is 0 Å². The van der Waals surface area contributed by atoms with Crippen molar-refractivity contribution in [2.24, 2.45) is 0 Å². The van der Waals surface area contributed by atoms with Crippen LogP contribution in [0.15, 0.2) is 22.7 Å². The van der Waals surface area contributed by atoms with Crippen molar-refractivity contribution in [3.8, 4) is 6.07 Å². The fraction of sp³-hybridized carbons (Fsp3) is 0.500. The second kappa shape index (κ2) is 5.40. The summed E-state index contributed by atoms with van der Waals surface area (Å²) in [4.78, 5) is 2.12. The number of nitrogens with zero attached hydrogens (tertiary/aromatic N) is 2. The average Bonchev–Trinajstić information content (AvgIpc) is 2.70. The van der Waals surface area contributed by atoms with Crippen molar-refractivity contribution in [3.63, 3.8) is 0 Å². The highest BCUT2D eigenvalue weighted by molar-refractivity contribution is 9.10. The fourth-order valence-electron chi connectivity index (χ4n) is 2.49. The molecule has 0 fully saturated rings. The summed E-state index contributed by atoms with van der Waals surface area (Å²) in [5.74, 6) is 0. The Labute approximate surface area is 117 Å². The monoisotopic (exact) mass is 307 g/mol. The summed E-state index contributed by atoms with van der Waals surface area (Å²) >= 11 is 3.57. The molecular formula is C14H18BrN3. The van der Waals surface area contributed by atoms with Crippen molar-refractivity contribution >= 4 is 15.9 Å². The van der Waals surface area contributed by atoms with Crippen LogP contribution in [0, 0.1) is 11.3 Å². The zero-order valence-corrected chi connectivity index (χ0v) is 12.4. The van der Waals surface area contributed by atoms with Crippen LogP contribution in [0.4, 0.5) is 0 Å². The molecule has 0 saturated carbocycles. The minimum atomic E-state index is -0.505. The van der Waals surface area contributed by atoms with E-state index in [4.69, 9.17) is 0 Å². The summed E-state index contributed by atoms with van der Waals surface area (Å²) in [7, 11) is 4.08. The summed E-state index contributed by atoms with van der Waals surface area (Å²) in [5, 5.41) is 13.0. The first-order valence-corrected chi connectivity index (χ1v) is 6.97. The van der Waals surface area contributed by atoms with Crippen LogP contribution < -0.4 is 5.32 Å². The Kier molecular flexibility index (Phi) is 4.06. The van der Waals surface area contributed by atoms with Crippen molar-refractivity contribution in [1.82, 2.24) is 10.2 Å². The van der Waals surface area contributed by atoms with Gasteiger partial charge in [0, 0.05) is 17.6 Å². The number of nitriles is 1. The lowest BCUT2D eigenvalue weighted by molar-refractivity contribution is 0.354. The van der Waals surface area contributed by atoms with Gasteiger partial charge in [-0.1, -0.05) is 28.1 Å². The van der Waals surface area contributed by atoms with Gasteiger partial charge in [-0.2, -0.15) is 5.26 Å². The Morgan fingerprint density at radius 1 is 1.50 bits per heavy atom. The van der Waals surface area contributed by atoms with Crippen LogP contribution in [0.2, 0.25) is 0 Å². The number of benzene rings is 1. The van der Waals surface area contributed by atoms with E-state index in [1.807, 2.05) is 26.2 Å². The van der Waals surface area contributed by atoms with Crippen molar-refractivity contribution in [3.05, 3.63) is 33.8 Å². The number of halogens is 1. The highest BCUT2D eigenvalue weighted by Gasteiger charge is 2.39. The molecule has 1 atom stereocenters. The zero-order valence-electron chi connectivity index (χ0n) is 10.8. The topological polar surface area (TPSA) is 39.1 Å². The summed E-state index contributed by atoms with van der Waals surface area (Å²) in [6.45, 7) is 1.76. The Bertz CT molecular complexity index is 478. The third-order valence-corrected chi connectivity index (χ3v) is 4.25. The van der Waals surface area contributed by atoms with Gasteiger partial charge < -0.3 is 4.90 Å². The molecule has 1 aliphatic carbocycles. The lowest BCUT2D eigenvalue weighted by Crippen LogP contribution is -2.42. The van der Waals surface area contributed by atoms with E-state index in [0.717, 1.165) is 36.0 Å². The molecule has 3 nitrogen and oxygen atoms in total. The molecule has 1 N–H and O–H groups in total. The molecular weight excluding hydrogens is 290 g/mol. The summed E-state index contributed by atoms with van der Waals surface area (Å²) in [6, 6.07) is 8.61. The van der Waals surface area contributed by atoms with Crippen LogP contribution in [0.5, 0.6) is 0 Å². The maximum Gasteiger partial charge on any atom is 0.132 e. The molecule has 0 amide bonds. The van der Waals surface area contributed by atoms with E-state index >= 15 is 0 Å². The van der Waals surface area contributed by atoms with Crippen LogP contribution >= 0.6 is 15.9 Å². The Morgan fingerprint density at radius 2 is 2.28 bits per heavy atom. The normalized spacial score (nSPS) is 21.9. The molecule has 96 valence electrons. The first kappa shape index (κ1) is 13.5. The van der Waals surface area contributed by atoms with Gasteiger partial charge in [0.25, 0.3) is 0 Å². The highest BCUT2D eigenvalue weighted by Crippen LogP contribution is 2.39. The molecule has 0 aromatic heterocycles. The largest absolute Gasteiger partial charge is 0.308 e. The van der Waals surface area contributed by atoms with Gasteiger partial charge in [0.05, 0.1) is 6.07 Å². The zero-order chi connectivity index (χ0) is 13.2. The van der Waals surface area contributed by atoms with Gasteiger partial charge in [-0.25, -0.2) is 0 Å². The van der Waals surface area contributed by atoms with E-state index in [1.54, 1.807) is 0 Å². The van der Waals surface area contributed by atoms with Crippen molar-refractivity contribution in [2.75, 3.05) is 27.2 Å². The molecule has 1 aromatic carbocycles. The molecule has 0 saturated heterocycles. The molecule has 0 radical (unpaired) electrons. The predicted octanol–water partition coefficient (Wildman–Crippen LogP) is 2.27. The molecule has 0 spiro atoms. The Balaban J connectivity index is 2.22. The molecule has 4 heteroatoms. The number of rotatable bonds is 4. The molecule has 2 rings (SSSR count). The van der Waals surface area contributed by atoms with Gasteiger partial charge in [-0.05, 0) is 44.1 Å². The molecule has 18 heavy (non-hydrogen) atoms. The molecule has 0 aliphatic heterocycles. The first-order chi connectivity index (χ1) is 8.59. The summed E-state index contributed by atoms with van der Waals surface area (Å²) in [5.41, 5.74) is 1.91.